The normalized spacial score (nSPS) is 25.2. The number of nitrogens with zero attached hydrogens (tertiary/aromatic N) is 3. The minimum absolute atomic E-state index is 0.0164. The van der Waals surface area contributed by atoms with Gasteiger partial charge in [-0.1, -0.05) is 36.4 Å². The summed E-state index contributed by atoms with van der Waals surface area (Å²) in [5, 5.41) is 5.12. The Kier molecular flexibility index (Phi) is 3.82. The molecule has 0 aliphatic carbocycles. The smallest absolute Gasteiger partial charge is 0.261 e. The van der Waals surface area contributed by atoms with Crippen LogP contribution in [0.15, 0.2) is 60.8 Å². The third kappa shape index (κ3) is 2.34. The van der Waals surface area contributed by atoms with Gasteiger partial charge in [-0.3, -0.25) is 9.69 Å². The summed E-state index contributed by atoms with van der Waals surface area (Å²) < 4.78 is 2.14. The average molecular weight is 391 g/mol. The number of rotatable bonds is 2. The minimum atomic E-state index is -0.744. The molecule has 5 nitrogen and oxygen atoms in total. The van der Waals surface area contributed by atoms with Gasteiger partial charge in [0.25, 0.3) is 5.91 Å². The third-order valence-electron chi connectivity index (χ3n) is 6.04. The van der Waals surface area contributed by atoms with Gasteiger partial charge in [-0.05, 0) is 43.0 Å². The first-order valence-corrected chi connectivity index (χ1v) is 9.86. The molecule has 2 atom stereocenters. The zero-order chi connectivity index (χ0) is 19.5. The van der Waals surface area contributed by atoms with Crippen LogP contribution in [0.5, 0.6) is 0 Å². The lowest BCUT2D eigenvalue weighted by Crippen LogP contribution is -2.52. The molecule has 2 aromatic carbocycles. The number of carbonyl (C=O) groups excluding carboxylic acids is 1. The van der Waals surface area contributed by atoms with Crippen LogP contribution in [-0.4, -0.2) is 46.2 Å². The van der Waals surface area contributed by atoms with Crippen LogP contribution in [0, 0.1) is 0 Å². The maximum atomic E-state index is 13.8. The highest BCUT2D eigenvalue weighted by atomic mass is 32.1. The molecule has 1 spiro atoms. The molecule has 1 aromatic heterocycles. The van der Waals surface area contributed by atoms with Gasteiger partial charge in [-0.15, -0.1) is 0 Å². The van der Waals surface area contributed by atoms with Gasteiger partial charge in [0.05, 0.1) is 5.69 Å². The standard InChI is InChI=1S/C22H22N4OS/c1-24-13-18(17-12-25(2)19-11-7-6-10-16(17)19)22(14-24)20(27)26(21(28)23-22)15-8-4-3-5-9-15/h3-12,18H,13-14H2,1-2H3,(H,23,28)/t18-,22-/m0/s1. The zero-order valence-corrected chi connectivity index (χ0v) is 16.7. The van der Waals surface area contributed by atoms with Crippen LogP contribution < -0.4 is 10.2 Å². The number of aromatic nitrogens is 1. The van der Waals surface area contributed by atoms with E-state index in [1.807, 2.05) is 36.4 Å². The van der Waals surface area contributed by atoms with Crippen LogP contribution in [0.25, 0.3) is 10.9 Å². The Morgan fingerprint density at radius 3 is 2.57 bits per heavy atom. The second-order valence-corrected chi connectivity index (χ2v) is 8.23. The van der Waals surface area contributed by atoms with E-state index in [9.17, 15) is 4.79 Å². The maximum absolute atomic E-state index is 13.8. The van der Waals surface area contributed by atoms with Crippen molar-refractivity contribution in [2.24, 2.45) is 7.05 Å². The van der Waals surface area contributed by atoms with Crippen LogP contribution in [0.2, 0.25) is 0 Å². The van der Waals surface area contributed by atoms with Crippen LogP contribution >= 0.6 is 12.2 Å². The lowest BCUT2D eigenvalue weighted by molar-refractivity contribution is -0.122. The molecule has 1 amide bonds. The Labute approximate surface area is 169 Å². The summed E-state index contributed by atoms with van der Waals surface area (Å²) >= 11 is 5.62. The summed E-state index contributed by atoms with van der Waals surface area (Å²) in [7, 11) is 4.12. The molecule has 2 aliphatic heterocycles. The van der Waals surface area contributed by atoms with E-state index in [4.69, 9.17) is 12.2 Å². The molecule has 2 fully saturated rings. The van der Waals surface area contributed by atoms with Gasteiger partial charge in [-0.25, -0.2) is 0 Å². The van der Waals surface area contributed by atoms with Crippen molar-refractivity contribution in [2.75, 3.05) is 25.0 Å². The van der Waals surface area contributed by atoms with Crippen molar-refractivity contribution in [3.05, 3.63) is 66.4 Å². The Balaban J connectivity index is 1.64. The molecule has 2 aliphatic rings. The minimum Gasteiger partial charge on any atom is -0.350 e. The molecular formula is C22H22N4OS. The molecule has 3 aromatic rings. The molecule has 2 saturated heterocycles. The average Bonchev–Trinajstić information content (AvgIpc) is 3.28. The topological polar surface area (TPSA) is 40.5 Å². The van der Waals surface area contributed by atoms with Gasteiger partial charge in [0, 0.05) is 43.2 Å². The first-order chi connectivity index (χ1) is 13.5. The summed E-state index contributed by atoms with van der Waals surface area (Å²) in [6.07, 6.45) is 2.17. The van der Waals surface area contributed by atoms with E-state index in [2.05, 4.69) is 53.3 Å². The molecule has 6 heteroatoms. The quantitative estimate of drug-likeness (QED) is 0.683. The molecule has 0 bridgehead atoms. The van der Waals surface area contributed by atoms with Crippen molar-refractivity contribution in [3.63, 3.8) is 0 Å². The van der Waals surface area contributed by atoms with Gasteiger partial charge in [0.1, 0.15) is 5.54 Å². The summed E-state index contributed by atoms with van der Waals surface area (Å²) in [6.45, 7) is 1.43. The van der Waals surface area contributed by atoms with Crippen LogP contribution in [-0.2, 0) is 11.8 Å². The highest BCUT2D eigenvalue weighted by Gasteiger charge is 2.59. The highest BCUT2D eigenvalue weighted by molar-refractivity contribution is 7.80. The first-order valence-electron chi connectivity index (χ1n) is 9.45. The van der Waals surface area contributed by atoms with Crippen molar-refractivity contribution in [2.45, 2.75) is 11.5 Å². The number of anilines is 1. The van der Waals surface area contributed by atoms with Gasteiger partial charge in [-0.2, -0.15) is 0 Å². The number of likely N-dealkylation sites (tertiary alicyclic amines) is 1. The van der Waals surface area contributed by atoms with Crippen molar-refractivity contribution >= 4 is 39.8 Å². The molecule has 5 rings (SSSR count). The number of benzene rings is 2. The second kappa shape index (κ2) is 6.15. The van der Waals surface area contributed by atoms with Crippen molar-refractivity contribution in [1.82, 2.24) is 14.8 Å². The molecule has 0 unspecified atom stereocenters. The monoisotopic (exact) mass is 390 g/mol. The van der Waals surface area contributed by atoms with E-state index in [0.717, 1.165) is 12.2 Å². The Morgan fingerprint density at radius 2 is 1.79 bits per heavy atom. The zero-order valence-electron chi connectivity index (χ0n) is 15.9. The maximum Gasteiger partial charge on any atom is 0.261 e. The lowest BCUT2D eigenvalue weighted by Gasteiger charge is -2.28. The fourth-order valence-electron chi connectivity index (χ4n) is 4.83. The number of hydrogen-bond acceptors (Lipinski definition) is 3. The Bertz CT molecular complexity index is 1090. The second-order valence-electron chi connectivity index (χ2n) is 7.84. The summed E-state index contributed by atoms with van der Waals surface area (Å²) in [6, 6.07) is 18.0. The molecule has 28 heavy (non-hydrogen) atoms. The van der Waals surface area contributed by atoms with Gasteiger partial charge >= 0.3 is 0 Å². The first kappa shape index (κ1) is 17.4. The lowest BCUT2D eigenvalue weighted by atomic mass is 9.81. The number of amides is 1. The number of aryl methyl sites for hydroxylation is 1. The number of hydrogen-bond donors (Lipinski definition) is 1. The van der Waals surface area contributed by atoms with Crippen LogP contribution in [0.1, 0.15) is 11.5 Å². The molecule has 1 N–H and O–H groups in total. The van der Waals surface area contributed by atoms with Crippen molar-refractivity contribution in [1.29, 1.82) is 0 Å². The predicted octanol–water partition coefficient (Wildman–Crippen LogP) is 2.87. The number of nitrogens with one attached hydrogen (secondary N) is 1. The van der Waals surface area contributed by atoms with E-state index < -0.39 is 5.54 Å². The molecule has 3 heterocycles. The molecule has 0 saturated carbocycles. The van der Waals surface area contributed by atoms with Gasteiger partial charge < -0.3 is 14.8 Å². The van der Waals surface area contributed by atoms with Crippen LogP contribution in [0.4, 0.5) is 5.69 Å². The largest absolute Gasteiger partial charge is 0.350 e. The summed E-state index contributed by atoms with van der Waals surface area (Å²) in [5.41, 5.74) is 2.44. The predicted molar refractivity (Wildman–Crippen MR) is 116 cm³/mol. The fourth-order valence-corrected chi connectivity index (χ4v) is 5.20. The van der Waals surface area contributed by atoms with Crippen molar-refractivity contribution < 1.29 is 4.79 Å². The van der Waals surface area contributed by atoms with Crippen LogP contribution in [0.3, 0.4) is 0 Å². The third-order valence-corrected chi connectivity index (χ3v) is 6.33. The highest BCUT2D eigenvalue weighted by Crippen LogP contribution is 2.43. The summed E-state index contributed by atoms with van der Waals surface area (Å²) in [5.74, 6) is 0.0498. The Hall–Kier alpha value is -2.70. The fraction of sp³-hybridized carbons (Fsp3) is 0.273. The van der Waals surface area contributed by atoms with Gasteiger partial charge in [0.15, 0.2) is 5.11 Å². The van der Waals surface area contributed by atoms with E-state index in [1.165, 1.54) is 16.5 Å². The number of thiocarbonyl (C=S) groups is 1. The van der Waals surface area contributed by atoms with E-state index in [1.54, 1.807) is 4.90 Å². The van der Waals surface area contributed by atoms with Gasteiger partial charge in [0.2, 0.25) is 0 Å². The SMILES string of the molecule is CN1C[C@@H](c2cn(C)c3ccccc23)[C@]2(C1)NC(=S)N(c1ccccc1)C2=O. The molecular weight excluding hydrogens is 368 g/mol. The molecule has 0 radical (unpaired) electrons. The molecule has 142 valence electrons. The van der Waals surface area contributed by atoms with Crippen molar-refractivity contribution in [3.8, 4) is 0 Å². The number of carbonyl (C=O) groups is 1. The summed E-state index contributed by atoms with van der Waals surface area (Å²) in [4.78, 5) is 17.6. The number of para-hydroxylation sites is 2. The number of fused-ring (bicyclic) bond motifs is 1. The number of likely N-dealkylation sites (N-methyl/N-ethyl adjacent to an activating group) is 1. The van der Waals surface area contributed by atoms with E-state index >= 15 is 0 Å². The van der Waals surface area contributed by atoms with E-state index in [-0.39, 0.29) is 11.8 Å². The van der Waals surface area contributed by atoms with E-state index in [0.29, 0.717) is 11.7 Å². The Morgan fingerprint density at radius 1 is 1.07 bits per heavy atom.